The number of amides is 1. The lowest BCUT2D eigenvalue weighted by atomic mass is 9.86. The van der Waals surface area contributed by atoms with Gasteiger partial charge in [0.15, 0.2) is 12.4 Å². The van der Waals surface area contributed by atoms with Crippen molar-refractivity contribution in [3.8, 4) is 0 Å². The largest absolute Gasteiger partial charge is 0.457 e. The zero-order valence-corrected chi connectivity index (χ0v) is 13.7. The molecule has 25 heavy (non-hydrogen) atoms. The predicted molar refractivity (Wildman–Crippen MR) is 93.5 cm³/mol. The Morgan fingerprint density at radius 2 is 1.60 bits per heavy atom. The van der Waals surface area contributed by atoms with E-state index in [1.807, 2.05) is 6.07 Å². The second-order valence-corrected chi connectivity index (χ2v) is 6.06. The van der Waals surface area contributed by atoms with E-state index in [-0.39, 0.29) is 30.2 Å². The van der Waals surface area contributed by atoms with Crippen LogP contribution in [0.25, 0.3) is 0 Å². The maximum Gasteiger partial charge on any atom is 0.309 e. The van der Waals surface area contributed by atoms with Gasteiger partial charge in [-0.05, 0) is 49.2 Å². The molecule has 0 aromatic heterocycles. The summed E-state index contributed by atoms with van der Waals surface area (Å²) in [6, 6.07) is 15.4. The first-order chi connectivity index (χ1) is 12.1. The van der Waals surface area contributed by atoms with E-state index in [4.69, 9.17) is 4.74 Å². The molecule has 1 aliphatic carbocycles. The number of benzene rings is 2. The first kappa shape index (κ1) is 16.9. The molecule has 1 saturated carbocycles. The highest BCUT2D eigenvalue weighted by Crippen LogP contribution is 2.27. The molecule has 2 aromatic carbocycles. The summed E-state index contributed by atoms with van der Waals surface area (Å²) in [4.78, 5) is 35.8. The first-order valence-electron chi connectivity index (χ1n) is 8.30. The number of hydrogen-bond donors (Lipinski definition) is 1. The summed E-state index contributed by atoms with van der Waals surface area (Å²) in [5.41, 5.74) is 1.60. The number of ether oxygens (including phenoxy) is 1. The SMILES string of the molecule is O=C(COC(=O)C1CCC1)c1ccc(NC(=O)c2ccccc2)cc1. The molecule has 1 fully saturated rings. The van der Waals surface area contributed by atoms with Crippen LogP contribution >= 0.6 is 0 Å². The van der Waals surface area contributed by atoms with Gasteiger partial charge >= 0.3 is 5.97 Å². The van der Waals surface area contributed by atoms with Gasteiger partial charge in [0.2, 0.25) is 0 Å². The third kappa shape index (κ3) is 4.32. The molecule has 0 unspecified atom stereocenters. The summed E-state index contributed by atoms with van der Waals surface area (Å²) in [7, 11) is 0. The van der Waals surface area contributed by atoms with Gasteiger partial charge in [-0.1, -0.05) is 24.6 Å². The standard InChI is InChI=1S/C20H19NO4/c22-18(13-25-20(24)16-7-4-8-16)14-9-11-17(12-10-14)21-19(23)15-5-2-1-3-6-15/h1-3,5-6,9-12,16H,4,7-8,13H2,(H,21,23). The smallest absolute Gasteiger partial charge is 0.309 e. The lowest BCUT2D eigenvalue weighted by molar-refractivity contribution is -0.150. The zero-order valence-electron chi connectivity index (χ0n) is 13.7. The zero-order chi connectivity index (χ0) is 17.6. The molecule has 1 aliphatic rings. The van der Waals surface area contributed by atoms with E-state index in [0.29, 0.717) is 16.8 Å². The van der Waals surface area contributed by atoms with Gasteiger partial charge in [0.25, 0.3) is 5.91 Å². The van der Waals surface area contributed by atoms with E-state index in [1.165, 1.54) is 0 Å². The molecule has 5 nitrogen and oxygen atoms in total. The third-order valence-electron chi connectivity index (χ3n) is 4.28. The van der Waals surface area contributed by atoms with Crippen molar-refractivity contribution in [2.75, 3.05) is 11.9 Å². The fourth-order valence-electron chi connectivity index (χ4n) is 2.51. The molecule has 2 aromatic rings. The Bertz CT molecular complexity index is 764. The van der Waals surface area contributed by atoms with E-state index < -0.39 is 0 Å². The van der Waals surface area contributed by atoms with Gasteiger partial charge in [-0.15, -0.1) is 0 Å². The number of carbonyl (C=O) groups is 3. The Labute approximate surface area is 146 Å². The molecule has 0 radical (unpaired) electrons. The number of carbonyl (C=O) groups excluding carboxylic acids is 3. The number of nitrogens with one attached hydrogen (secondary N) is 1. The molecular weight excluding hydrogens is 318 g/mol. The molecule has 0 aliphatic heterocycles. The minimum Gasteiger partial charge on any atom is -0.457 e. The van der Waals surface area contributed by atoms with Gasteiger partial charge in [-0.3, -0.25) is 14.4 Å². The van der Waals surface area contributed by atoms with Crippen LogP contribution in [0.3, 0.4) is 0 Å². The van der Waals surface area contributed by atoms with Crippen LogP contribution in [0.1, 0.15) is 40.0 Å². The Hall–Kier alpha value is -2.95. The number of esters is 1. The van der Waals surface area contributed by atoms with E-state index in [2.05, 4.69) is 5.32 Å². The molecular formula is C20H19NO4. The lowest BCUT2D eigenvalue weighted by Gasteiger charge is -2.22. The lowest BCUT2D eigenvalue weighted by Crippen LogP contribution is -2.26. The van der Waals surface area contributed by atoms with Crippen LogP contribution in [0, 0.1) is 5.92 Å². The van der Waals surface area contributed by atoms with Crippen LogP contribution in [0.5, 0.6) is 0 Å². The number of anilines is 1. The fraction of sp³-hybridized carbons (Fsp3) is 0.250. The Balaban J connectivity index is 1.53. The fourth-order valence-corrected chi connectivity index (χ4v) is 2.51. The number of hydrogen-bond acceptors (Lipinski definition) is 4. The predicted octanol–water partition coefficient (Wildman–Crippen LogP) is 3.46. The third-order valence-corrected chi connectivity index (χ3v) is 4.28. The van der Waals surface area contributed by atoms with Gasteiger partial charge < -0.3 is 10.1 Å². The molecule has 0 atom stereocenters. The molecule has 0 spiro atoms. The summed E-state index contributed by atoms with van der Waals surface area (Å²) < 4.78 is 5.06. The Morgan fingerprint density at radius 3 is 2.20 bits per heavy atom. The van der Waals surface area contributed by atoms with Crippen LogP contribution < -0.4 is 5.32 Å². The van der Waals surface area contributed by atoms with Crippen molar-refractivity contribution in [3.05, 3.63) is 65.7 Å². The van der Waals surface area contributed by atoms with Gasteiger partial charge in [0.1, 0.15) is 0 Å². The molecule has 0 heterocycles. The Kier molecular flexibility index (Phi) is 5.23. The maximum atomic E-state index is 12.1. The van der Waals surface area contributed by atoms with Crippen LogP contribution in [-0.2, 0) is 9.53 Å². The van der Waals surface area contributed by atoms with Crippen molar-refractivity contribution < 1.29 is 19.1 Å². The normalized spacial score (nSPS) is 13.6. The quantitative estimate of drug-likeness (QED) is 0.647. The Morgan fingerprint density at radius 1 is 0.920 bits per heavy atom. The molecule has 128 valence electrons. The van der Waals surface area contributed by atoms with E-state index in [9.17, 15) is 14.4 Å². The second kappa shape index (κ2) is 7.75. The van der Waals surface area contributed by atoms with Crippen molar-refractivity contribution in [2.45, 2.75) is 19.3 Å². The van der Waals surface area contributed by atoms with Crippen LogP contribution in [0.2, 0.25) is 0 Å². The average Bonchev–Trinajstić information content (AvgIpc) is 2.59. The number of ketones is 1. The topological polar surface area (TPSA) is 72.5 Å². The maximum absolute atomic E-state index is 12.1. The minimum absolute atomic E-state index is 0.0385. The van der Waals surface area contributed by atoms with Gasteiger partial charge in [-0.25, -0.2) is 0 Å². The molecule has 3 rings (SSSR count). The van der Waals surface area contributed by atoms with Crippen molar-refractivity contribution >= 4 is 23.3 Å². The van der Waals surface area contributed by atoms with Crippen LogP contribution in [-0.4, -0.2) is 24.3 Å². The van der Waals surface area contributed by atoms with E-state index >= 15 is 0 Å². The summed E-state index contributed by atoms with van der Waals surface area (Å²) in [5.74, 6) is -0.794. The van der Waals surface area contributed by atoms with Crippen molar-refractivity contribution in [1.82, 2.24) is 0 Å². The first-order valence-corrected chi connectivity index (χ1v) is 8.30. The van der Waals surface area contributed by atoms with E-state index in [0.717, 1.165) is 19.3 Å². The summed E-state index contributed by atoms with van der Waals surface area (Å²) in [6.07, 6.45) is 2.75. The highest BCUT2D eigenvalue weighted by Gasteiger charge is 2.27. The van der Waals surface area contributed by atoms with E-state index in [1.54, 1.807) is 48.5 Å². The van der Waals surface area contributed by atoms with Crippen LogP contribution in [0.4, 0.5) is 5.69 Å². The van der Waals surface area contributed by atoms with Gasteiger partial charge in [-0.2, -0.15) is 0 Å². The van der Waals surface area contributed by atoms with Crippen molar-refractivity contribution in [3.63, 3.8) is 0 Å². The second-order valence-electron chi connectivity index (χ2n) is 6.06. The highest BCUT2D eigenvalue weighted by atomic mass is 16.5. The molecule has 5 heteroatoms. The highest BCUT2D eigenvalue weighted by molar-refractivity contribution is 6.04. The molecule has 0 saturated heterocycles. The molecule has 1 amide bonds. The van der Waals surface area contributed by atoms with Crippen molar-refractivity contribution in [1.29, 1.82) is 0 Å². The average molecular weight is 337 g/mol. The minimum atomic E-state index is -0.286. The summed E-state index contributed by atoms with van der Waals surface area (Å²) in [6.45, 7) is -0.245. The molecule has 0 bridgehead atoms. The number of Topliss-reactive ketones (excluding diaryl/α,β-unsaturated/α-hetero) is 1. The van der Waals surface area contributed by atoms with Gasteiger partial charge in [0.05, 0.1) is 5.92 Å². The van der Waals surface area contributed by atoms with Crippen LogP contribution in [0.15, 0.2) is 54.6 Å². The van der Waals surface area contributed by atoms with Gasteiger partial charge in [0, 0.05) is 16.8 Å². The number of rotatable bonds is 6. The monoisotopic (exact) mass is 337 g/mol. The molecule has 1 N–H and O–H groups in total. The summed E-state index contributed by atoms with van der Waals surface area (Å²) in [5, 5.41) is 2.77. The summed E-state index contributed by atoms with van der Waals surface area (Å²) >= 11 is 0. The van der Waals surface area contributed by atoms with Crippen molar-refractivity contribution in [2.24, 2.45) is 5.92 Å².